The van der Waals surface area contributed by atoms with Gasteiger partial charge in [0.15, 0.2) is 5.11 Å². The first-order chi connectivity index (χ1) is 11.5. The predicted octanol–water partition coefficient (Wildman–Crippen LogP) is 4.22. The van der Waals surface area contributed by atoms with Crippen molar-refractivity contribution in [1.82, 2.24) is 5.43 Å². The van der Waals surface area contributed by atoms with E-state index < -0.39 is 10.7 Å². The standard InChI is InChI=1S/C14H12F2N4O2S2/c15-13(16)24-10-7-5-9(6-8-10)17-14(23)19-18-11-3-1-2-4-12(11)20(21)22/h1-8,13,18H,(H2,17,19,23). The zero-order valence-corrected chi connectivity index (χ0v) is 13.7. The van der Waals surface area contributed by atoms with E-state index in [9.17, 15) is 18.9 Å². The fourth-order valence-electron chi connectivity index (χ4n) is 1.74. The molecule has 0 heterocycles. The van der Waals surface area contributed by atoms with E-state index in [4.69, 9.17) is 12.2 Å². The highest BCUT2D eigenvalue weighted by atomic mass is 32.2. The second kappa shape index (κ2) is 8.41. The van der Waals surface area contributed by atoms with Crippen LogP contribution in [0.15, 0.2) is 53.4 Å². The number of halogens is 2. The van der Waals surface area contributed by atoms with E-state index in [1.165, 1.54) is 24.3 Å². The lowest BCUT2D eigenvalue weighted by Crippen LogP contribution is -2.33. The van der Waals surface area contributed by atoms with Crippen molar-refractivity contribution in [1.29, 1.82) is 0 Å². The van der Waals surface area contributed by atoms with E-state index in [2.05, 4.69) is 16.2 Å². The van der Waals surface area contributed by atoms with Gasteiger partial charge in [0.05, 0.1) is 4.92 Å². The first-order valence-corrected chi connectivity index (χ1v) is 7.86. The molecule has 24 heavy (non-hydrogen) atoms. The fraction of sp³-hybridized carbons (Fsp3) is 0.0714. The quantitative estimate of drug-likeness (QED) is 0.304. The molecule has 0 aromatic heterocycles. The molecule has 10 heteroatoms. The molecule has 2 aromatic rings. The van der Waals surface area contributed by atoms with Gasteiger partial charge in [0, 0.05) is 16.6 Å². The Balaban J connectivity index is 1.91. The summed E-state index contributed by atoms with van der Waals surface area (Å²) in [6.45, 7) is 0. The molecule has 0 spiro atoms. The van der Waals surface area contributed by atoms with Gasteiger partial charge < -0.3 is 5.32 Å². The maximum atomic E-state index is 12.2. The van der Waals surface area contributed by atoms with Crippen molar-refractivity contribution in [3.8, 4) is 0 Å². The van der Waals surface area contributed by atoms with Crippen LogP contribution in [0.2, 0.25) is 0 Å². The lowest BCUT2D eigenvalue weighted by molar-refractivity contribution is -0.384. The Morgan fingerprint density at radius 3 is 2.46 bits per heavy atom. The van der Waals surface area contributed by atoms with Crippen LogP contribution in [-0.4, -0.2) is 15.8 Å². The maximum absolute atomic E-state index is 12.2. The van der Waals surface area contributed by atoms with Crippen LogP contribution in [0.1, 0.15) is 0 Å². The molecule has 6 nitrogen and oxygen atoms in total. The van der Waals surface area contributed by atoms with Gasteiger partial charge in [-0.2, -0.15) is 8.78 Å². The zero-order valence-electron chi connectivity index (χ0n) is 12.0. The minimum atomic E-state index is -2.47. The van der Waals surface area contributed by atoms with Crippen LogP contribution in [0, 0.1) is 10.1 Å². The molecule has 0 aliphatic carbocycles. The summed E-state index contributed by atoms with van der Waals surface area (Å²) in [4.78, 5) is 10.8. The lowest BCUT2D eigenvalue weighted by Gasteiger charge is -2.13. The summed E-state index contributed by atoms with van der Waals surface area (Å²) < 4.78 is 24.5. The number of thiocarbonyl (C=S) groups is 1. The smallest absolute Gasteiger partial charge is 0.294 e. The number of thioether (sulfide) groups is 1. The van der Waals surface area contributed by atoms with Gasteiger partial charge in [-0.05, 0) is 42.5 Å². The van der Waals surface area contributed by atoms with Crippen LogP contribution < -0.4 is 16.2 Å². The average Bonchev–Trinajstić information content (AvgIpc) is 2.54. The van der Waals surface area contributed by atoms with Gasteiger partial charge in [0.1, 0.15) is 5.69 Å². The number of hydrogen-bond donors (Lipinski definition) is 3. The number of benzene rings is 2. The largest absolute Gasteiger partial charge is 0.331 e. The highest BCUT2D eigenvalue weighted by Crippen LogP contribution is 2.26. The van der Waals surface area contributed by atoms with Gasteiger partial charge in [-0.3, -0.25) is 21.0 Å². The third-order valence-electron chi connectivity index (χ3n) is 2.75. The Bertz CT molecular complexity index is 729. The van der Waals surface area contributed by atoms with E-state index in [1.807, 2.05) is 0 Å². The number of rotatable bonds is 6. The Labute approximate surface area is 145 Å². The van der Waals surface area contributed by atoms with Crippen LogP contribution in [0.25, 0.3) is 0 Å². The van der Waals surface area contributed by atoms with E-state index >= 15 is 0 Å². The number of nitro benzene ring substituents is 1. The summed E-state index contributed by atoms with van der Waals surface area (Å²) in [6, 6.07) is 12.4. The lowest BCUT2D eigenvalue weighted by atomic mass is 10.3. The monoisotopic (exact) mass is 370 g/mol. The second-order valence-electron chi connectivity index (χ2n) is 4.38. The number of para-hydroxylation sites is 2. The Morgan fingerprint density at radius 2 is 1.83 bits per heavy atom. The Kier molecular flexibility index (Phi) is 6.27. The van der Waals surface area contributed by atoms with Crippen LogP contribution in [0.4, 0.5) is 25.8 Å². The fourth-order valence-corrected chi connectivity index (χ4v) is 2.41. The van der Waals surface area contributed by atoms with Crippen LogP contribution in [0.5, 0.6) is 0 Å². The third kappa shape index (κ3) is 5.32. The number of hydrogen-bond acceptors (Lipinski definition) is 5. The van der Waals surface area contributed by atoms with Crippen molar-refractivity contribution in [2.24, 2.45) is 0 Å². The normalized spacial score (nSPS) is 10.3. The molecule has 0 aliphatic rings. The second-order valence-corrected chi connectivity index (χ2v) is 5.85. The molecular formula is C14H12F2N4O2S2. The van der Waals surface area contributed by atoms with Crippen molar-refractivity contribution in [3.63, 3.8) is 0 Å². The summed E-state index contributed by atoms with van der Waals surface area (Å²) in [5.41, 5.74) is 6.04. The number of anilines is 2. The van der Waals surface area contributed by atoms with Crippen molar-refractivity contribution in [3.05, 3.63) is 58.6 Å². The van der Waals surface area contributed by atoms with Gasteiger partial charge in [-0.15, -0.1) is 0 Å². The molecule has 3 N–H and O–H groups in total. The van der Waals surface area contributed by atoms with E-state index in [-0.39, 0.29) is 16.5 Å². The topological polar surface area (TPSA) is 79.2 Å². The van der Waals surface area contributed by atoms with Crippen LogP contribution in [0.3, 0.4) is 0 Å². The van der Waals surface area contributed by atoms with Crippen molar-refractivity contribution in [2.75, 3.05) is 10.7 Å². The Morgan fingerprint density at radius 1 is 1.17 bits per heavy atom. The zero-order chi connectivity index (χ0) is 17.5. The van der Waals surface area contributed by atoms with Gasteiger partial charge in [0.25, 0.3) is 11.4 Å². The summed E-state index contributed by atoms with van der Waals surface area (Å²) in [5.74, 6) is -2.47. The SMILES string of the molecule is O=[N+]([O-])c1ccccc1NNC(=S)Nc1ccc(SC(F)F)cc1. The minimum Gasteiger partial charge on any atom is -0.331 e. The van der Waals surface area contributed by atoms with Gasteiger partial charge in [-0.25, -0.2) is 0 Å². The van der Waals surface area contributed by atoms with E-state index in [1.54, 1.807) is 24.3 Å². The minimum absolute atomic E-state index is 0.0961. The predicted molar refractivity (Wildman–Crippen MR) is 94.4 cm³/mol. The van der Waals surface area contributed by atoms with Gasteiger partial charge >= 0.3 is 0 Å². The molecule has 0 radical (unpaired) electrons. The molecule has 0 amide bonds. The van der Waals surface area contributed by atoms with Crippen LogP contribution in [-0.2, 0) is 0 Å². The molecule has 0 saturated carbocycles. The third-order valence-corrected chi connectivity index (χ3v) is 3.68. The number of alkyl halides is 2. The summed E-state index contributed by atoms with van der Waals surface area (Å²) in [6.07, 6.45) is 0. The molecule has 0 bridgehead atoms. The first kappa shape index (κ1) is 17.9. The van der Waals surface area contributed by atoms with Crippen molar-refractivity contribution >= 4 is 46.2 Å². The maximum Gasteiger partial charge on any atom is 0.294 e. The average molecular weight is 370 g/mol. The number of hydrazine groups is 1. The Hall–Kier alpha value is -2.46. The summed E-state index contributed by atoms with van der Waals surface area (Å²) in [7, 11) is 0. The highest BCUT2D eigenvalue weighted by molar-refractivity contribution is 7.99. The van der Waals surface area contributed by atoms with Crippen molar-refractivity contribution in [2.45, 2.75) is 10.7 Å². The van der Waals surface area contributed by atoms with Gasteiger partial charge in [0.2, 0.25) is 0 Å². The molecular weight excluding hydrogens is 358 g/mol. The number of nitrogens with one attached hydrogen (secondary N) is 3. The molecule has 126 valence electrons. The molecule has 0 aliphatic heterocycles. The molecule has 0 atom stereocenters. The molecule has 2 aromatic carbocycles. The van der Waals surface area contributed by atoms with Crippen LogP contribution >= 0.6 is 24.0 Å². The molecule has 0 fully saturated rings. The number of nitrogens with zero attached hydrogens (tertiary/aromatic N) is 1. The molecule has 0 saturated heterocycles. The highest BCUT2D eigenvalue weighted by Gasteiger charge is 2.12. The van der Waals surface area contributed by atoms with Crippen molar-refractivity contribution < 1.29 is 13.7 Å². The van der Waals surface area contributed by atoms with E-state index in [0.717, 1.165) is 0 Å². The van der Waals surface area contributed by atoms with E-state index in [0.29, 0.717) is 22.3 Å². The number of nitro groups is 1. The summed E-state index contributed by atoms with van der Waals surface area (Å²) in [5, 5.41) is 13.9. The van der Waals surface area contributed by atoms with Gasteiger partial charge in [-0.1, -0.05) is 23.9 Å². The first-order valence-electron chi connectivity index (χ1n) is 6.57. The molecule has 0 unspecified atom stereocenters. The molecule has 2 rings (SSSR count). The summed E-state index contributed by atoms with van der Waals surface area (Å²) >= 11 is 5.52.